The molecule has 2 aromatic carbocycles. The number of β-amino-alcohol motifs (C(OH)–C–C–N with tert-alkyl or cyclic N) is 1. The Labute approximate surface area is 194 Å². The van der Waals surface area contributed by atoms with Crippen molar-refractivity contribution in [3.8, 4) is 11.1 Å². The molecule has 0 saturated carbocycles. The lowest BCUT2D eigenvalue weighted by Gasteiger charge is -2.35. The van der Waals surface area contributed by atoms with E-state index in [9.17, 15) is 9.90 Å². The maximum atomic E-state index is 13.8. The van der Waals surface area contributed by atoms with Gasteiger partial charge in [0.2, 0.25) is 0 Å². The van der Waals surface area contributed by atoms with Gasteiger partial charge in [-0.3, -0.25) is 9.69 Å². The molecule has 0 amide bonds. The quantitative estimate of drug-likeness (QED) is 0.418. The second-order valence-corrected chi connectivity index (χ2v) is 9.13. The van der Waals surface area contributed by atoms with Crippen LogP contribution in [0.25, 0.3) is 37.8 Å². The number of piperazine rings is 1. The van der Waals surface area contributed by atoms with Gasteiger partial charge in [-0.1, -0.05) is 54.6 Å². The maximum absolute atomic E-state index is 13.8. The van der Waals surface area contributed by atoms with Gasteiger partial charge < -0.3 is 10.0 Å². The van der Waals surface area contributed by atoms with E-state index in [2.05, 4.69) is 15.9 Å². The number of rotatable bonds is 4. The molecule has 1 saturated heterocycles. The van der Waals surface area contributed by atoms with Crippen LogP contribution in [0.5, 0.6) is 0 Å². The van der Waals surface area contributed by atoms with Crippen molar-refractivity contribution in [1.82, 2.24) is 19.5 Å². The SMILES string of the molecule is O=c1c2c(-c3ccccc3)csc2nc2c3ccccc3c(N3CCN(CCO)CC3)nn12. The van der Waals surface area contributed by atoms with Crippen LogP contribution in [0, 0.1) is 0 Å². The largest absolute Gasteiger partial charge is 0.395 e. The molecule has 166 valence electrons. The number of hydrogen-bond acceptors (Lipinski definition) is 7. The summed E-state index contributed by atoms with van der Waals surface area (Å²) in [6.45, 7) is 4.13. The summed E-state index contributed by atoms with van der Waals surface area (Å²) in [6, 6.07) is 18.0. The molecule has 4 heterocycles. The van der Waals surface area contributed by atoms with Gasteiger partial charge in [0.25, 0.3) is 5.56 Å². The Morgan fingerprint density at radius 1 is 0.939 bits per heavy atom. The molecule has 3 aromatic heterocycles. The fourth-order valence-electron chi connectivity index (χ4n) is 4.66. The highest BCUT2D eigenvalue weighted by Gasteiger charge is 2.23. The fraction of sp³-hybridized carbons (Fsp3) is 0.240. The molecule has 0 spiro atoms. The lowest BCUT2D eigenvalue weighted by atomic mass is 10.1. The Bertz CT molecular complexity index is 1520. The summed E-state index contributed by atoms with van der Waals surface area (Å²) in [4.78, 5) is 23.9. The molecule has 5 aromatic rings. The summed E-state index contributed by atoms with van der Waals surface area (Å²) < 4.78 is 1.49. The summed E-state index contributed by atoms with van der Waals surface area (Å²) in [6.07, 6.45) is 0. The van der Waals surface area contributed by atoms with Crippen molar-refractivity contribution in [3.63, 3.8) is 0 Å². The van der Waals surface area contributed by atoms with E-state index >= 15 is 0 Å². The van der Waals surface area contributed by atoms with Gasteiger partial charge >= 0.3 is 0 Å². The van der Waals surface area contributed by atoms with E-state index < -0.39 is 0 Å². The van der Waals surface area contributed by atoms with Crippen molar-refractivity contribution in [1.29, 1.82) is 0 Å². The average molecular weight is 458 g/mol. The zero-order chi connectivity index (χ0) is 22.4. The lowest BCUT2D eigenvalue weighted by molar-refractivity contribution is 0.188. The van der Waals surface area contributed by atoms with Crippen molar-refractivity contribution in [3.05, 3.63) is 70.3 Å². The molecule has 8 heteroatoms. The molecule has 0 unspecified atom stereocenters. The first-order valence-electron chi connectivity index (χ1n) is 11.1. The number of nitrogens with zero attached hydrogens (tertiary/aromatic N) is 5. The van der Waals surface area contributed by atoms with Crippen LogP contribution < -0.4 is 10.5 Å². The summed E-state index contributed by atoms with van der Waals surface area (Å²) in [5, 5.41) is 18.7. The highest BCUT2D eigenvalue weighted by atomic mass is 32.1. The minimum atomic E-state index is -0.138. The van der Waals surface area contributed by atoms with Crippen molar-refractivity contribution in [2.24, 2.45) is 0 Å². The van der Waals surface area contributed by atoms with E-state index in [1.807, 2.05) is 53.9 Å². The second kappa shape index (κ2) is 8.22. The monoisotopic (exact) mass is 457 g/mol. The summed E-state index contributed by atoms with van der Waals surface area (Å²) in [5.41, 5.74) is 2.36. The minimum Gasteiger partial charge on any atom is -0.395 e. The molecule has 1 N–H and O–H groups in total. The second-order valence-electron chi connectivity index (χ2n) is 8.27. The van der Waals surface area contributed by atoms with Gasteiger partial charge in [0.15, 0.2) is 11.5 Å². The zero-order valence-corrected chi connectivity index (χ0v) is 18.8. The van der Waals surface area contributed by atoms with Crippen molar-refractivity contribution in [2.45, 2.75) is 0 Å². The van der Waals surface area contributed by atoms with Crippen molar-refractivity contribution < 1.29 is 5.11 Å². The molecular weight excluding hydrogens is 434 g/mol. The van der Waals surface area contributed by atoms with Gasteiger partial charge in [0.05, 0.1) is 12.0 Å². The van der Waals surface area contributed by atoms with Gasteiger partial charge in [-0.25, -0.2) is 4.98 Å². The van der Waals surface area contributed by atoms with Crippen LogP contribution in [0.2, 0.25) is 0 Å². The fourth-order valence-corrected chi connectivity index (χ4v) is 5.60. The van der Waals surface area contributed by atoms with Crippen LogP contribution in [0.15, 0.2) is 64.8 Å². The van der Waals surface area contributed by atoms with E-state index in [4.69, 9.17) is 10.1 Å². The summed E-state index contributed by atoms with van der Waals surface area (Å²) >= 11 is 1.49. The number of thiophene rings is 1. The first kappa shape index (κ1) is 20.3. The van der Waals surface area contributed by atoms with Crippen LogP contribution >= 0.6 is 11.3 Å². The van der Waals surface area contributed by atoms with Gasteiger partial charge in [-0.2, -0.15) is 4.52 Å². The van der Waals surface area contributed by atoms with E-state index in [-0.39, 0.29) is 12.2 Å². The van der Waals surface area contributed by atoms with E-state index in [0.29, 0.717) is 17.6 Å². The standard InChI is InChI=1S/C25H23N5O2S/c31-15-14-28-10-12-29(13-11-28)23-19-9-5-4-8-18(19)22-26-24-21(25(32)30(22)27-23)20(16-33-24)17-6-2-1-3-7-17/h1-9,16,31H,10-15H2. The van der Waals surface area contributed by atoms with E-state index in [1.165, 1.54) is 15.9 Å². The third kappa shape index (κ3) is 3.38. The molecule has 1 aliphatic heterocycles. The maximum Gasteiger partial charge on any atom is 0.283 e. The number of fused-ring (bicyclic) bond motifs is 4. The molecular formula is C25H23N5O2S. The van der Waals surface area contributed by atoms with Crippen LogP contribution in [0.1, 0.15) is 0 Å². The molecule has 0 radical (unpaired) electrons. The number of anilines is 1. The molecule has 1 fully saturated rings. The first-order chi connectivity index (χ1) is 16.2. The molecule has 1 aliphatic rings. The highest BCUT2D eigenvalue weighted by Crippen LogP contribution is 2.33. The van der Waals surface area contributed by atoms with Crippen LogP contribution in [0.4, 0.5) is 5.82 Å². The average Bonchev–Trinajstić information content (AvgIpc) is 3.30. The number of benzene rings is 2. The number of aromatic nitrogens is 3. The van der Waals surface area contributed by atoms with Gasteiger partial charge in [-0.05, 0) is 5.56 Å². The third-order valence-corrected chi connectivity index (χ3v) is 7.23. The minimum absolute atomic E-state index is 0.138. The smallest absolute Gasteiger partial charge is 0.283 e. The predicted molar refractivity (Wildman–Crippen MR) is 133 cm³/mol. The number of hydrogen-bond donors (Lipinski definition) is 1. The Balaban J connectivity index is 1.57. The first-order valence-corrected chi connectivity index (χ1v) is 12.0. The van der Waals surface area contributed by atoms with E-state index in [1.54, 1.807) is 0 Å². The van der Waals surface area contributed by atoms with Gasteiger partial charge in [-0.15, -0.1) is 16.4 Å². The Kier molecular flexibility index (Phi) is 5.05. The summed E-state index contributed by atoms with van der Waals surface area (Å²) in [7, 11) is 0. The topological polar surface area (TPSA) is 74.0 Å². The Morgan fingerprint density at radius 2 is 1.67 bits per heavy atom. The van der Waals surface area contributed by atoms with Crippen molar-refractivity contribution >= 4 is 43.8 Å². The number of aliphatic hydroxyl groups excluding tert-OH is 1. The van der Waals surface area contributed by atoms with Crippen LogP contribution in [-0.2, 0) is 0 Å². The van der Waals surface area contributed by atoms with Crippen LogP contribution in [0.3, 0.4) is 0 Å². The number of aliphatic hydroxyl groups is 1. The molecule has 0 aliphatic carbocycles. The molecule has 0 atom stereocenters. The molecule has 7 nitrogen and oxygen atoms in total. The highest BCUT2D eigenvalue weighted by molar-refractivity contribution is 7.17. The van der Waals surface area contributed by atoms with Crippen LogP contribution in [-0.4, -0.2) is 63.9 Å². The van der Waals surface area contributed by atoms with Gasteiger partial charge in [0, 0.05) is 54.4 Å². The molecule has 6 rings (SSSR count). The zero-order valence-electron chi connectivity index (χ0n) is 18.0. The molecule has 33 heavy (non-hydrogen) atoms. The molecule has 0 bridgehead atoms. The normalized spacial score (nSPS) is 15.1. The Hall–Kier alpha value is -3.33. The Morgan fingerprint density at radius 3 is 2.42 bits per heavy atom. The lowest BCUT2D eigenvalue weighted by Crippen LogP contribution is -2.47. The van der Waals surface area contributed by atoms with Crippen molar-refractivity contribution in [2.75, 3.05) is 44.2 Å². The van der Waals surface area contributed by atoms with Gasteiger partial charge in [0.1, 0.15) is 4.83 Å². The third-order valence-electron chi connectivity index (χ3n) is 6.36. The van der Waals surface area contributed by atoms with E-state index in [0.717, 1.165) is 58.7 Å². The summed E-state index contributed by atoms with van der Waals surface area (Å²) in [5.74, 6) is 0.807. The predicted octanol–water partition coefficient (Wildman–Crippen LogP) is 3.24.